The second-order valence-electron chi connectivity index (χ2n) is 5.77. The van der Waals surface area contributed by atoms with Crippen molar-refractivity contribution in [1.82, 2.24) is 19.6 Å². The van der Waals surface area contributed by atoms with Crippen LogP contribution < -0.4 is 10.1 Å². The zero-order chi connectivity index (χ0) is 21.0. The molecule has 0 spiro atoms. The maximum absolute atomic E-state index is 12.5. The standard InChI is InChI=1S/C18H17Cl2N5O4/c1-3-28-18(27)11-9-21-24(2)16(11)22-17(26)13-7-8-25(23-13)10-29-14-6-4-5-12(19)15(14)20/h4-9H,3,10H2,1-2H3,(H,22,26). The lowest BCUT2D eigenvalue weighted by Crippen LogP contribution is -2.18. The van der Waals surface area contributed by atoms with E-state index in [1.165, 1.54) is 21.6 Å². The van der Waals surface area contributed by atoms with E-state index >= 15 is 0 Å². The minimum absolute atomic E-state index is 0.0210. The summed E-state index contributed by atoms with van der Waals surface area (Å²) in [6.45, 7) is 1.92. The maximum Gasteiger partial charge on any atom is 0.343 e. The molecule has 0 atom stereocenters. The Morgan fingerprint density at radius 3 is 2.79 bits per heavy atom. The molecule has 11 heteroatoms. The summed E-state index contributed by atoms with van der Waals surface area (Å²) in [7, 11) is 1.60. The van der Waals surface area contributed by atoms with E-state index in [2.05, 4.69) is 15.5 Å². The molecule has 0 saturated carbocycles. The monoisotopic (exact) mass is 437 g/mol. The number of nitrogens with zero attached hydrogens (tertiary/aromatic N) is 4. The Morgan fingerprint density at radius 1 is 1.24 bits per heavy atom. The highest BCUT2D eigenvalue weighted by atomic mass is 35.5. The number of aromatic nitrogens is 4. The lowest BCUT2D eigenvalue weighted by atomic mass is 10.3. The van der Waals surface area contributed by atoms with Crippen molar-refractivity contribution in [3.8, 4) is 5.75 Å². The molecule has 0 radical (unpaired) electrons. The number of nitrogens with one attached hydrogen (secondary N) is 1. The molecular formula is C18H17Cl2N5O4. The van der Waals surface area contributed by atoms with Gasteiger partial charge in [0.05, 0.1) is 17.8 Å². The summed E-state index contributed by atoms with van der Waals surface area (Å²) < 4.78 is 13.3. The molecule has 0 aliphatic heterocycles. The van der Waals surface area contributed by atoms with E-state index in [9.17, 15) is 9.59 Å². The number of rotatable bonds is 7. The molecule has 9 nitrogen and oxygen atoms in total. The molecule has 3 rings (SSSR count). The molecule has 0 unspecified atom stereocenters. The van der Waals surface area contributed by atoms with Crippen molar-refractivity contribution < 1.29 is 19.1 Å². The van der Waals surface area contributed by atoms with Gasteiger partial charge in [0.15, 0.2) is 12.4 Å². The molecule has 2 aromatic heterocycles. The quantitative estimate of drug-likeness (QED) is 0.568. The van der Waals surface area contributed by atoms with Gasteiger partial charge in [0, 0.05) is 13.2 Å². The number of benzene rings is 1. The molecule has 3 aromatic rings. The van der Waals surface area contributed by atoms with Crippen molar-refractivity contribution in [1.29, 1.82) is 0 Å². The summed E-state index contributed by atoms with van der Waals surface area (Å²) in [6.07, 6.45) is 2.90. The van der Waals surface area contributed by atoms with Crippen LogP contribution in [0.5, 0.6) is 5.75 Å². The third-order valence-electron chi connectivity index (χ3n) is 3.81. The van der Waals surface area contributed by atoms with Gasteiger partial charge in [-0.2, -0.15) is 10.2 Å². The van der Waals surface area contributed by atoms with Crippen molar-refractivity contribution >= 4 is 40.9 Å². The van der Waals surface area contributed by atoms with Crippen LogP contribution in [-0.4, -0.2) is 38.0 Å². The lowest BCUT2D eigenvalue weighted by molar-refractivity contribution is 0.0527. The SMILES string of the molecule is CCOC(=O)c1cnn(C)c1NC(=O)c1ccn(COc2cccc(Cl)c2Cl)n1. The molecule has 1 N–H and O–H groups in total. The van der Waals surface area contributed by atoms with Crippen LogP contribution in [-0.2, 0) is 18.5 Å². The summed E-state index contributed by atoms with van der Waals surface area (Å²) in [4.78, 5) is 24.5. The first-order valence-electron chi connectivity index (χ1n) is 8.51. The van der Waals surface area contributed by atoms with Crippen molar-refractivity contribution in [2.45, 2.75) is 13.7 Å². The van der Waals surface area contributed by atoms with E-state index in [0.717, 1.165) is 0 Å². The van der Waals surface area contributed by atoms with Crippen LogP contribution in [0.25, 0.3) is 0 Å². The molecule has 1 amide bonds. The molecule has 2 heterocycles. The van der Waals surface area contributed by atoms with Crippen LogP contribution in [0.2, 0.25) is 10.0 Å². The Bertz CT molecular complexity index is 1050. The highest BCUT2D eigenvalue weighted by Gasteiger charge is 2.20. The lowest BCUT2D eigenvalue weighted by Gasteiger charge is -2.09. The number of carbonyl (C=O) groups is 2. The van der Waals surface area contributed by atoms with Crippen LogP contribution in [0.3, 0.4) is 0 Å². The summed E-state index contributed by atoms with van der Waals surface area (Å²) in [5.74, 6) is -0.480. The average Bonchev–Trinajstić information content (AvgIpc) is 3.31. The summed E-state index contributed by atoms with van der Waals surface area (Å²) in [6, 6.07) is 6.54. The third kappa shape index (κ3) is 4.69. The van der Waals surface area contributed by atoms with Gasteiger partial charge in [-0.3, -0.25) is 9.48 Å². The Balaban J connectivity index is 1.68. The van der Waals surface area contributed by atoms with Crippen LogP contribution in [0.4, 0.5) is 5.82 Å². The third-order valence-corrected chi connectivity index (χ3v) is 4.61. The van der Waals surface area contributed by atoms with E-state index < -0.39 is 11.9 Å². The fourth-order valence-corrected chi connectivity index (χ4v) is 2.75. The van der Waals surface area contributed by atoms with Crippen molar-refractivity contribution in [3.63, 3.8) is 0 Å². The molecule has 152 valence electrons. The normalized spacial score (nSPS) is 10.6. The van der Waals surface area contributed by atoms with Crippen LogP contribution in [0, 0.1) is 0 Å². The predicted molar refractivity (Wildman–Crippen MR) is 106 cm³/mol. The van der Waals surface area contributed by atoms with Gasteiger partial charge in [0.25, 0.3) is 5.91 Å². The molecule has 0 saturated heterocycles. The number of hydrogen-bond donors (Lipinski definition) is 1. The van der Waals surface area contributed by atoms with Gasteiger partial charge in [-0.25, -0.2) is 9.48 Å². The van der Waals surface area contributed by atoms with E-state index in [-0.39, 0.29) is 30.4 Å². The first kappa shape index (κ1) is 20.7. The van der Waals surface area contributed by atoms with Gasteiger partial charge in [-0.05, 0) is 25.1 Å². The van der Waals surface area contributed by atoms with Gasteiger partial charge in [0.1, 0.15) is 22.2 Å². The largest absolute Gasteiger partial charge is 0.470 e. The molecule has 0 fully saturated rings. The van der Waals surface area contributed by atoms with Gasteiger partial charge >= 0.3 is 5.97 Å². The Morgan fingerprint density at radius 2 is 2.03 bits per heavy atom. The second kappa shape index (κ2) is 8.97. The summed E-state index contributed by atoms with van der Waals surface area (Å²) in [5, 5.41) is 11.4. The number of carbonyl (C=O) groups excluding carboxylic acids is 2. The van der Waals surface area contributed by atoms with Crippen molar-refractivity contribution in [2.75, 3.05) is 11.9 Å². The molecular weight excluding hydrogens is 421 g/mol. The first-order valence-corrected chi connectivity index (χ1v) is 9.27. The van der Waals surface area contributed by atoms with E-state index in [1.54, 1.807) is 38.4 Å². The van der Waals surface area contributed by atoms with E-state index in [1.807, 2.05) is 0 Å². The van der Waals surface area contributed by atoms with E-state index in [4.69, 9.17) is 32.7 Å². The fourth-order valence-electron chi connectivity index (χ4n) is 2.40. The topological polar surface area (TPSA) is 100 Å². The van der Waals surface area contributed by atoms with Crippen molar-refractivity contribution in [2.24, 2.45) is 7.05 Å². The average molecular weight is 438 g/mol. The van der Waals surface area contributed by atoms with Crippen LogP contribution >= 0.6 is 23.2 Å². The molecule has 0 aliphatic rings. The molecule has 0 bridgehead atoms. The Labute approximate surface area is 176 Å². The summed E-state index contributed by atoms with van der Waals surface area (Å²) >= 11 is 12.0. The highest BCUT2D eigenvalue weighted by molar-refractivity contribution is 6.42. The minimum Gasteiger partial charge on any atom is -0.470 e. The highest BCUT2D eigenvalue weighted by Crippen LogP contribution is 2.31. The molecule has 1 aromatic carbocycles. The fraction of sp³-hybridized carbons (Fsp3) is 0.222. The predicted octanol–water partition coefficient (Wildman–Crippen LogP) is 3.39. The zero-order valence-corrected chi connectivity index (χ0v) is 17.1. The second-order valence-corrected chi connectivity index (χ2v) is 6.56. The van der Waals surface area contributed by atoms with Crippen LogP contribution in [0.15, 0.2) is 36.7 Å². The summed E-state index contributed by atoms with van der Waals surface area (Å²) in [5.41, 5.74) is 0.280. The van der Waals surface area contributed by atoms with Gasteiger partial charge in [-0.1, -0.05) is 29.3 Å². The van der Waals surface area contributed by atoms with Gasteiger partial charge in [0.2, 0.25) is 0 Å². The number of halogens is 2. The number of aryl methyl sites for hydroxylation is 1. The van der Waals surface area contributed by atoms with E-state index in [0.29, 0.717) is 15.8 Å². The zero-order valence-electron chi connectivity index (χ0n) is 15.6. The first-order chi connectivity index (χ1) is 13.9. The van der Waals surface area contributed by atoms with Crippen LogP contribution in [0.1, 0.15) is 27.8 Å². The maximum atomic E-state index is 12.5. The Kier molecular flexibility index (Phi) is 6.40. The number of amides is 1. The number of hydrogen-bond acceptors (Lipinski definition) is 6. The van der Waals surface area contributed by atoms with Crippen molar-refractivity contribution in [3.05, 3.63) is 58.0 Å². The molecule has 0 aliphatic carbocycles. The minimum atomic E-state index is -0.576. The number of esters is 1. The smallest absolute Gasteiger partial charge is 0.343 e. The Hall–Kier alpha value is -3.04. The number of anilines is 1. The van der Waals surface area contributed by atoms with Gasteiger partial charge in [-0.15, -0.1) is 0 Å². The van der Waals surface area contributed by atoms with Gasteiger partial charge < -0.3 is 14.8 Å². The molecule has 29 heavy (non-hydrogen) atoms. The number of ether oxygens (including phenoxy) is 2.